The van der Waals surface area contributed by atoms with Crippen LogP contribution in [0, 0.1) is 0 Å². The fraction of sp³-hybridized carbons (Fsp3) is 0.412. The minimum atomic E-state index is -0.631. The minimum absolute atomic E-state index is 0.0581. The van der Waals surface area contributed by atoms with Crippen molar-refractivity contribution in [3.05, 3.63) is 48.0 Å². The molecular weight excluding hydrogens is 330 g/mol. The van der Waals surface area contributed by atoms with E-state index in [9.17, 15) is 9.90 Å². The Labute approximate surface area is 145 Å². The summed E-state index contributed by atoms with van der Waals surface area (Å²) in [4.78, 5) is 18.0. The first-order valence-corrected chi connectivity index (χ1v) is 8.24. The molecule has 1 aromatic carbocycles. The van der Waals surface area contributed by atoms with Crippen LogP contribution < -0.4 is 4.74 Å². The molecule has 7 heteroatoms. The van der Waals surface area contributed by atoms with E-state index in [4.69, 9.17) is 16.3 Å². The summed E-state index contributed by atoms with van der Waals surface area (Å²) < 4.78 is 7.39. The van der Waals surface area contributed by atoms with Crippen molar-refractivity contribution in [1.29, 1.82) is 0 Å². The lowest BCUT2D eigenvalue weighted by Gasteiger charge is -2.29. The zero-order valence-electron chi connectivity index (χ0n) is 13.4. The van der Waals surface area contributed by atoms with Crippen molar-refractivity contribution in [2.75, 3.05) is 13.7 Å². The maximum Gasteiger partial charge on any atom is 0.260 e. The molecule has 2 aromatic rings. The summed E-state index contributed by atoms with van der Waals surface area (Å²) >= 11 is 6.02. The maximum absolute atomic E-state index is 12.4. The highest BCUT2D eigenvalue weighted by Gasteiger charge is 2.39. The molecule has 24 heavy (non-hydrogen) atoms. The van der Waals surface area contributed by atoms with Gasteiger partial charge in [-0.25, -0.2) is 4.98 Å². The molecule has 1 amide bonds. The molecule has 6 nitrogen and oxygen atoms in total. The summed E-state index contributed by atoms with van der Waals surface area (Å²) in [5, 5.41) is 11.0. The summed E-state index contributed by atoms with van der Waals surface area (Å²) in [6.07, 6.45) is 6.11. The molecule has 0 spiro atoms. The van der Waals surface area contributed by atoms with Gasteiger partial charge >= 0.3 is 0 Å². The normalized spacial score (nSPS) is 23.2. The van der Waals surface area contributed by atoms with E-state index >= 15 is 0 Å². The van der Waals surface area contributed by atoms with Crippen molar-refractivity contribution in [3.63, 3.8) is 0 Å². The number of carbonyl (C=O) groups is 1. The second-order valence-electron chi connectivity index (χ2n) is 5.94. The molecule has 0 unspecified atom stereocenters. The van der Waals surface area contributed by atoms with E-state index in [2.05, 4.69) is 4.98 Å². The number of ether oxygens (including phenoxy) is 1. The first kappa shape index (κ1) is 16.8. The number of amides is 1. The van der Waals surface area contributed by atoms with Gasteiger partial charge in [0.1, 0.15) is 5.75 Å². The number of imidazole rings is 1. The minimum Gasteiger partial charge on any atom is -0.482 e. The average molecular weight is 350 g/mol. The number of para-hydroxylation sites is 1. The van der Waals surface area contributed by atoms with E-state index in [1.807, 2.05) is 10.8 Å². The average Bonchev–Trinajstić information content (AvgIpc) is 3.22. The van der Waals surface area contributed by atoms with Gasteiger partial charge in [-0.2, -0.15) is 0 Å². The molecule has 0 radical (unpaired) electrons. The van der Waals surface area contributed by atoms with Gasteiger partial charge in [0, 0.05) is 19.4 Å². The summed E-state index contributed by atoms with van der Waals surface area (Å²) in [6.45, 7) is -0.112. The first-order chi connectivity index (χ1) is 11.6. The molecule has 1 saturated carbocycles. The number of aromatic nitrogens is 2. The number of hydrogen-bond acceptors (Lipinski definition) is 4. The molecule has 128 valence electrons. The van der Waals surface area contributed by atoms with E-state index in [1.54, 1.807) is 48.7 Å². The van der Waals surface area contributed by atoms with Crippen LogP contribution in [-0.2, 0) is 4.79 Å². The monoisotopic (exact) mass is 349 g/mol. The quantitative estimate of drug-likeness (QED) is 0.898. The number of carbonyl (C=O) groups excluding carboxylic acids is 1. The Morgan fingerprint density at radius 3 is 2.96 bits per heavy atom. The van der Waals surface area contributed by atoms with Crippen LogP contribution in [0.2, 0.25) is 5.02 Å². The Morgan fingerprint density at radius 1 is 1.46 bits per heavy atom. The molecule has 1 fully saturated rings. The fourth-order valence-electron chi connectivity index (χ4n) is 3.14. The van der Waals surface area contributed by atoms with Crippen molar-refractivity contribution in [2.24, 2.45) is 0 Å². The number of hydrogen-bond donors (Lipinski definition) is 1. The summed E-state index contributed by atoms with van der Waals surface area (Å²) in [7, 11) is 1.70. The van der Waals surface area contributed by atoms with Crippen LogP contribution in [-0.4, -0.2) is 51.3 Å². The van der Waals surface area contributed by atoms with Gasteiger partial charge in [0.05, 0.1) is 29.5 Å². The third-order valence-electron chi connectivity index (χ3n) is 4.53. The molecule has 0 bridgehead atoms. The molecule has 0 aliphatic heterocycles. The number of benzene rings is 1. The van der Waals surface area contributed by atoms with Crippen LogP contribution in [0.25, 0.3) is 0 Å². The number of aliphatic hydroxyl groups is 1. The SMILES string of the molecule is CN(C(=O)COc1ccccc1Cl)[C@@H]1CC[C@@H](n2ccnc2)[C@@H]1O. The smallest absolute Gasteiger partial charge is 0.260 e. The van der Waals surface area contributed by atoms with Gasteiger partial charge in [0.15, 0.2) is 6.61 Å². The topological polar surface area (TPSA) is 67.6 Å². The molecule has 1 aliphatic carbocycles. The van der Waals surface area contributed by atoms with Crippen molar-refractivity contribution < 1.29 is 14.6 Å². The molecule has 1 N–H and O–H groups in total. The predicted octanol–water partition coefficient (Wildman–Crippen LogP) is 2.14. The van der Waals surface area contributed by atoms with Crippen molar-refractivity contribution in [2.45, 2.75) is 31.0 Å². The zero-order valence-corrected chi connectivity index (χ0v) is 14.1. The van der Waals surface area contributed by atoms with E-state index in [1.165, 1.54) is 0 Å². The second kappa shape index (κ2) is 7.23. The van der Waals surface area contributed by atoms with Gasteiger partial charge in [-0.15, -0.1) is 0 Å². The standard InChI is InChI=1S/C17H20ClN3O3/c1-20(16(22)10-24-15-5-3-2-4-12(15)18)13-6-7-14(17(13)23)21-9-8-19-11-21/h2-5,8-9,11,13-14,17,23H,6-7,10H2,1H3/t13-,14-,17-/m1/s1. The fourth-order valence-corrected chi connectivity index (χ4v) is 3.33. The third kappa shape index (κ3) is 3.39. The van der Waals surface area contributed by atoms with Gasteiger partial charge in [0.2, 0.25) is 0 Å². The van der Waals surface area contributed by atoms with Gasteiger partial charge in [-0.1, -0.05) is 23.7 Å². The largest absolute Gasteiger partial charge is 0.482 e. The predicted molar refractivity (Wildman–Crippen MR) is 90.0 cm³/mol. The molecule has 0 saturated heterocycles. The lowest BCUT2D eigenvalue weighted by atomic mass is 10.1. The third-order valence-corrected chi connectivity index (χ3v) is 4.85. The van der Waals surface area contributed by atoms with Crippen LogP contribution in [0.4, 0.5) is 0 Å². The van der Waals surface area contributed by atoms with Crippen LogP contribution in [0.5, 0.6) is 5.75 Å². The molecule has 3 atom stereocenters. The maximum atomic E-state index is 12.4. The number of halogens is 1. The van der Waals surface area contributed by atoms with Crippen LogP contribution >= 0.6 is 11.6 Å². The number of rotatable bonds is 5. The summed E-state index contributed by atoms with van der Waals surface area (Å²) in [5.41, 5.74) is 0. The highest BCUT2D eigenvalue weighted by Crippen LogP contribution is 2.33. The van der Waals surface area contributed by atoms with Crippen LogP contribution in [0.3, 0.4) is 0 Å². The Balaban J connectivity index is 1.59. The number of likely N-dealkylation sites (N-methyl/N-ethyl adjacent to an activating group) is 1. The molecule has 1 heterocycles. The van der Waals surface area contributed by atoms with Crippen LogP contribution in [0.15, 0.2) is 43.0 Å². The number of nitrogens with zero attached hydrogens (tertiary/aromatic N) is 3. The second-order valence-corrected chi connectivity index (χ2v) is 6.34. The lowest BCUT2D eigenvalue weighted by molar-refractivity contribution is -0.136. The molecule has 1 aromatic heterocycles. The molecule has 3 rings (SSSR count). The Morgan fingerprint density at radius 2 is 2.25 bits per heavy atom. The van der Waals surface area contributed by atoms with Gasteiger partial charge < -0.3 is 19.3 Å². The highest BCUT2D eigenvalue weighted by molar-refractivity contribution is 6.32. The molecular formula is C17H20ClN3O3. The van der Waals surface area contributed by atoms with Gasteiger partial charge in [-0.3, -0.25) is 4.79 Å². The van der Waals surface area contributed by atoms with E-state index < -0.39 is 6.10 Å². The van der Waals surface area contributed by atoms with E-state index in [0.717, 1.165) is 12.8 Å². The van der Waals surface area contributed by atoms with Gasteiger partial charge in [0.25, 0.3) is 5.91 Å². The van der Waals surface area contributed by atoms with E-state index in [0.29, 0.717) is 10.8 Å². The lowest BCUT2D eigenvalue weighted by Crippen LogP contribution is -2.45. The summed E-state index contributed by atoms with van der Waals surface area (Å²) in [6, 6.07) is 6.73. The zero-order chi connectivity index (χ0) is 17.1. The highest BCUT2D eigenvalue weighted by atomic mass is 35.5. The Kier molecular flexibility index (Phi) is 5.06. The van der Waals surface area contributed by atoms with Gasteiger partial charge in [-0.05, 0) is 25.0 Å². The van der Waals surface area contributed by atoms with Crippen molar-refractivity contribution >= 4 is 17.5 Å². The molecule has 1 aliphatic rings. The van der Waals surface area contributed by atoms with Crippen LogP contribution in [0.1, 0.15) is 18.9 Å². The Hall–Kier alpha value is -2.05. The first-order valence-electron chi connectivity index (χ1n) is 7.86. The summed E-state index contributed by atoms with van der Waals surface area (Å²) in [5.74, 6) is 0.287. The van der Waals surface area contributed by atoms with E-state index in [-0.39, 0.29) is 24.6 Å². The van der Waals surface area contributed by atoms with Crippen molar-refractivity contribution in [1.82, 2.24) is 14.5 Å². The number of aliphatic hydroxyl groups excluding tert-OH is 1. The Bertz CT molecular complexity index is 692. The van der Waals surface area contributed by atoms with Crippen molar-refractivity contribution in [3.8, 4) is 5.75 Å².